The third-order valence-electron chi connectivity index (χ3n) is 2.78. The van der Waals surface area contributed by atoms with Crippen molar-refractivity contribution in [2.24, 2.45) is 0 Å². The van der Waals surface area contributed by atoms with Crippen molar-refractivity contribution in [3.8, 4) is 0 Å². The van der Waals surface area contributed by atoms with Gasteiger partial charge in [-0.2, -0.15) is 0 Å². The molecular weight excluding hydrogens is 200 g/mol. The Hall–Kier alpha value is -1.51. The van der Waals surface area contributed by atoms with E-state index in [-0.39, 0.29) is 6.03 Å². The van der Waals surface area contributed by atoms with E-state index in [0.717, 1.165) is 18.5 Å². The fourth-order valence-electron chi connectivity index (χ4n) is 1.72. The highest BCUT2D eigenvalue weighted by Gasteiger charge is 2.25. The molecule has 1 aliphatic carbocycles. The first-order chi connectivity index (χ1) is 7.70. The zero-order valence-corrected chi connectivity index (χ0v) is 9.86. The minimum absolute atomic E-state index is 0.0237. The second-order valence-electron chi connectivity index (χ2n) is 4.31. The van der Waals surface area contributed by atoms with Crippen LogP contribution < -0.4 is 10.2 Å². The Kier molecular flexibility index (Phi) is 3.13. The van der Waals surface area contributed by atoms with E-state index in [0.29, 0.717) is 12.6 Å². The lowest BCUT2D eigenvalue weighted by Crippen LogP contribution is -2.41. The van der Waals surface area contributed by atoms with Crippen LogP contribution in [0, 0.1) is 6.92 Å². The molecule has 86 valence electrons. The van der Waals surface area contributed by atoms with E-state index in [9.17, 15) is 4.79 Å². The summed E-state index contributed by atoms with van der Waals surface area (Å²) in [4.78, 5) is 13.7. The average Bonchev–Trinajstić information content (AvgIpc) is 3.03. The van der Waals surface area contributed by atoms with Gasteiger partial charge in [0.2, 0.25) is 0 Å². The molecule has 3 heteroatoms. The van der Waals surface area contributed by atoms with Crippen LogP contribution in [0.4, 0.5) is 10.5 Å². The number of nitrogens with one attached hydrogen (secondary N) is 1. The standard InChI is InChI=1S/C13H18N2O/c1-3-15(13(16)14-11-7-8-11)12-6-4-5-10(2)9-12/h4-6,9,11H,3,7-8H2,1-2H3,(H,14,16). The normalized spacial score (nSPS) is 14.6. The van der Waals surface area contributed by atoms with E-state index in [4.69, 9.17) is 0 Å². The first-order valence-electron chi connectivity index (χ1n) is 5.85. The fourth-order valence-corrected chi connectivity index (χ4v) is 1.72. The number of carbonyl (C=O) groups is 1. The second kappa shape index (κ2) is 4.56. The van der Waals surface area contributed by atoms with Gasteiger partial charge in [-0.3, -0.25) is 4.90 Å². The van der Waals surface area contributed by atoms with Crippen LogP contribution in [0.25, 0.3) is 0 Å². The molecule has 0 spiro atoms. The number of urea groups is 1. The third-order valence-corrected chi connectivity index (χ3v) is 2.78. The topological polar surface area (TPSA) is 32.3 Å². The van der Waals surface area contributed by atoms with Gasteiger partial charge >= 0.3 is 6.03 Å². The van der Waals surface area contributed by atoms with Crippen LogP contribution in [-0.4, -0.2) is 18.6 Å². The van der Waals surface area contributed by atoms with Crippen molar-refractivity contribution >= 4 is 11.7 Å². The molecule has 2 rings (SSSR count). The number of hydrogen-bond acceptors (Lipinski definition) is 1. The van der Waals surface area contributed by atoms with Crippen molar-refractivity contribution in [1.82, 2.24) is 5.32 Å². The summed E-state index contributed by atoms with van der Waals surface area (Å²) < 4.78 is 0. The molecule has 1 fully saturated rings. The molecule has 0 atom stereocenters. The first-order valence-corrected chi connectivity index (χ1v) is 5.85. The number of benzene rings is 1. The summed E-state index contributed by atoms with van der Waals surface area (Å²) in [6.07, 6.45) is 2.24. The smallest absolute Gasteiger partial charge is 0.322 e. The summed E-state index contributed by atoms with van der Waals surface area (Å²) in [5.74, 6) is 0. The highest BCUT2D eigenvalue weighted by molar-refractivity contribution is 5.92. The van der Waals surface area contributed by atoms with Crippen molar-refractivity contribution < 1.29 is 4.79 Å². The lowest BCUT2D eigenvalue weighted by molar-refractivity contribution is 0.246. The van der Waals surface area contributed by atoms with Crippen LogP contribution in [0.5, 0.6) is 0 Å². The van der Waals surface area contributed by atoms with E-state index < -0.39 is 0 Å². The summed E-state index contributed by atoms with van der Waals surface area (Å²) in [5.41, 5.74) is 2.15. The average molecular weight is 218 g/mol. The Morgan fingerprint density at radius 1 is 1.50 bits per heavy atom. The minimum atomic E-state index is 0.0237. The van der Waals surface area contributed by atoms with Crippen LogP contribution >= 0.6 is 0 Å². The molecule has 0 radical (unpaired) electrons. The van der Waals surface area contributed by atoms with Gasteiger partial charge in [-0.1, -0.05) is 12.1 Å². The molecule has 1 aliphatic rings. The molecule has 1 saturated carbocycles. The Balaban J connectivity index is 2.11. The maximum absolute atomic E-state index is 12.0. The maximum atomic E-state index is 12.0. The highest BCUT2D eigenvalue weighted by Crippen LogP contribution is 2.21. The van der Waals surface area contributed by atoms with Crippen LogP contribution in [0.15, 0.2) is 24.3 Å². The quantitative estimate of drug-likeness (QED) is 0.831. The Labute approximate surface area is 96.5 Å². The molecule has 0 heterocycles. The minimum Gasteiger partial charge on any atom is -0.335 e. The summed E-state index contributed by atoms with van der Waals surface area (Å²) in [5, 5.41) is 3.01. The van der Waals surface area contributed by atoms with Gasteiger partial charge in [-0.05, 0) is 44.4 Å². The van der Waals surface area contributed by atoms with Crippen molar-refractivity contribution in [3.63, 3.8) is 0 Å². The largest absolute Gasteiger partial charge is 0.335 e. The molecule has 3 nitrogen and oxygen atoms in total. The molecule has 2 amide bonds. The molecule has 0 aromatic heterocycles. The Bertz CT molecular complexity index is 385. The lowest BCUT2D eigenvalue weighted by Gasteiger charge is -2.21. The van der Waals surface area contributed by atoms with Crippen LogP contribution in [-0.2, 0) is 0 Å². The van der Waals surface area contributed by atoms with Gasteiger partial charge in [0.1, 0.15) is 0 Å². The highest BCUT2D eigenvalue weighted by atomic mass is 16.2. The summed E-state index contributed by atoms with van der Waals surface area (Å²) >= 11 is 0. The number of anilines is 1. The van der Waals surface area contributed by atoms with Gasteiger partial charge in [0, 0.05) is 18.3 Å². The van der Waals surface area contributed by atoms with E-state index >= 15 is 0 Å². The number of aryl methyl sites for hydroxylation is 1. The molecule has 1 aromatic carbocycles. The van der Waals surface area contributed by atoms with Gasteiger partial charge in [-0.25, -0.2) is 4.79 Å². The zero-order valence-electron chi connectivity index (χ0n) is 9.86. The predicted octanol–water partition coefficient (Wildman–Crippen LogP) is 2.69. The third kappa shape index (κ3) is 2.54. The number of nitrogens with zero attached hydrogens (tertiary/aromatic N) is 1. The molecule has 0 saturated heterocycles. The Morgan fingerprint density at radius 2 is 2.25 bits per heavy atom. The van der Waals surface area contributed by atoms with Crippen LogP contribution in [0.1, 0.15) is 25.3 Å². The fraction of sp³-hybridized carbons (Fsp3) is 0.462. The molecule has 0 aliphatic heterocycles. The maximum Gasteiger partial charge on any atom is 0.322 e. The second-order valence-corrected chi connectivity index (χ2v) is 4.31. The first kappa shape index (κ1) is 11.0. The molecular formula is C13H18N2O. The molecule has 0 bridgehead atoms. The van der Waals surface area contributed by atoms with Gasteiger partial charge in [0.25, 0.3) is 0 Å². The van der Waals surface area contributed by atoms with Gasteiger partial charge < -0.3 is 5.32 Å². The molecule has 1 aromatic rings. The number of amides is 2. The summed E-state index contributed by atoms with van der Waals surface area (Å²) in [6.45, 7) is 4.73. The summed E-state index contributed by atoms with van der Waals surface area (Å²) in [7, 11) is 0. The molecule has 0 unspecified atom stereocenters. The van der Waals surface area contributed by atoms with E-state index in [1.807, 2.05) is 38.1 Å². The van der Waals surface area contributed by atoms with Gasteiger partial charge in [0.05, 0.1) is 0 Å². The molecule has 16 heavy (non-hydrogen) atoms. The van der Waals surface area contributed by atoms with Crippen molar-refractivity contribution in [2.45, 2.75) is 32.7 Å². The van der Waals surface area contributed by atoms with Crippen LogP contribution in [0.3, 0.4) is 0 Å². The molecule has 1 N–H and O–H groups in total. The van der Waals surface area contributed by atoms with Gasteiger partial charge in [0.15, 0.2) is 0 Å². The number of rotatable bonds is 3. The predicted molar refractivity (Wildman–Crippen MR) is 65.8 cm³/mol. The van der Waals surface area contributed by atoms with Crippen molar-refractivity contribution in [3.05, 3.63) is 29.8 Å². The number of hydrogen-bond donors (Lipinski definition) is 1. The van der Waals surface area contributed by atoms with Gasteiger partial charge in [-0.15, -0.1) is 0 Å². The lowest BCUT2D eigenvalue weighted by atomic mass is 10.2. The van der Waals surface area contributed by atoms with E-state index in [2.05, 4.69) is 5.32 Å². The van der Waals surface area contributed by atoms with Crippen molar-refractivity contribution in [1.29, 1.82) is 0 Å². The number of carbonyl (C=O) groups excluding carboxylic acids is 1. The van der Waals surface area contributed by atoms with E-state index in [1.54, 1.807) is 4.90 Å². The van der Waals surface area contributed by atoms with Crippen LogP contribution in [0.2, 0.25) is 0 Å². The SMILES string of the molecule is CCN(C(=O)NC1CC1)c1cccc(C)c1. The van der Waals surface area contributed by atoms with E-state index in [1.165, 1.54) is 5.56 Å². The Morgan fingerprint density at radius 3 is 2.81 bits per heavy atom. The summed E-state index contributed by atoms with van der Waals surface area (Å²) in [6, 6.07) is 8.47. The zero-order chi connectivity index (χ0) is 11.5. The monoisotopic (exact) mass is 218 g/mol. The van der Waals surface area contributed by atoms with Crippen molar-refractivity contribution in [2.75, 3.05) is 11.4 Å².